The summed E-state index contributed by atoms with van der Waals surface area (Å²) < 4.78 is 5.32. The lowest BCUT2D eigenvalue weighted by molar-refractivity contribution is 0.0859. The van der Waals surface area contributed by atoms with Crippen LogP contribution in [-0.4, -0.2) is 42.0 Å². The zero-order chi connectivity index (χ0) is 19.4. The summed E-state index contributed by atoms with van der Waals surface area (Å²) >= 11 is 0. The van der Waals surface area contributed by atoms with Crippen LogP contribution in [0, 0.1) is 12.8 Å². The van der Waals surface area contributed by atoms with Crippen molar-refractivity contribution in [1.82, 2.24) is 4.90 Å². The molecule has 142 valence electrons. The third-order valence-electron chi connectivity index (χ3n) is 4.90. The number of Topliss-reactive ketones (excluding diaryl/α,β-unsaturated/α-hetero) is 1. The molecule has 1 heterocycles. The van der Waals surface area contributed by atoms with Gasteiger partial charge in [0.2, 0.25) is 0 Å². The molecule has 1 aliphatic rings. The molecule has 2 N–H and O–H groups in total. The smallest absolute Gasteiger partial charge is 0.321 e. The minimum atomic E-state index is -0.187. The SMILES string of the molecule is COc1cc(C)ccc1NC(=O)N1CCC(C(=O)c2ccc(O)cc2)CC1. The Kier molecular flexibility index (Phi) is 5.64. The number of aromatic hydroxyl groups is 1. The van der Waals surface area contributed by atoms with E-state index in [9.17, 15) is 14.7 Å². The summed E-state index contributed by atoms with van der Waals surface area (Å²) in [5, 5.41) is 12.2. The van der Waals surface area contributed by atoms with Gasteiger partial charge in [-0.3, -0.25) is 4.79 Å². The van der Waals surface area contributed by atoms with E-state index in [0.29, 0.717) is 42.9 Å². The highest BCUT2D eigenvalue weighted by Gasteiger charge is 2.28. The van der Waals surface area contributed by atoms with E-state index >= 15 is 0 Å². The van der Waals surface area contributed by atoms with E-state index in [0.717, 1.165) is 5.56 Å². The van der Waals surface area contributed by atoms with Crippen LogP contribution in [0.5, 0.6) is 11.5 Å². The van der Waals surface area contributed by atoms with E-state index in [1.54, 1.807) is 24.1 Å². The van der Waals surface area contributed by atoms with E-state index in [4.69, 9.17) is 4.74 Å². The Morgan fingerprint density at radius 2 is 1.78 bits per heavy atom. The number of phenolic OH excluding ortho intramolecular Hbond substituents is 1. The van der Waals surface area contributed by atoms with E-state index in [1.807, 2.05) is 25.1 Å². The number of hydrogen-bond donors (Lipinski definition) is 2. The highest BCUT2D eigenvalue weighted by atomic mass is 16.5. The van der Waals surface area contributed by atoms with Crippen molar-refractivity contribution in [2.45, 2.75) is 19.8 Å². The highest BCUT2D eigenvalue weighted by molar-refractivity contribution is 5.98. The van der Waals surface area contributed by atoms with Crippen LogP contribution in [0.4, 0.5) is 10.5 Å². The Morgan fingerprint density at radius 3 is 2.41 bits per heavy atom. The Balaban J connectivity index is 1.58. The van der Waals surface area contributed by atoms with Gasteiger partial charge in [-0.1, -0.05) is 6.07 Å². The molecule has 27 heavy (non-hydrogen) atoms. The first-order valence-corrected chi connectivity index (χ1v) is 9.01. The topological polar surface area (TPSA) is 78.9 Å². The number of anilines is 1. The quantitative estimate of drug-likeness (QED) is 0.804. The molecule has 2 amide bonds. The number of ether oxygens (including phenoxy) is 1. The van der Waals surface area contributed by atoms with Gasteiger partial charge in [0, 0.05) is 24.6 Å². The molecule has 6 nitrogen and oxygen atoms in total. The number of carbonyl (C=O) groups excluding carboxylic acids is 2. The van der Waals surface area contributed by atoms with Crippen LogP contribution in [0.15, 0.2) is 42.5 Å². The van der Waals surface area contributed by atoms with Gasteiger partial charge in [-0.2, -0.15) is 0 Å². The van der Waals surface area contributed by atoms with Crippen LogP contribution in [0.1, 0.15) is 28.8 Å². The minimum Gasteiger partial charge on any atom is -0.508 e. The van der Waals surface area contributed by atoms with Crippen molar-refractivity contribution in [3.8, 4) is 11.5 Å². The molecule has 0 unspecified atom stereocenters. The Bertz CT molecular complexity index is 825. The van der Waals surface area contributed by atoms with Gasteiger partial charge in [0.25, 0.3) is 0 Å². The van der Waals surface area contributed by atoms with Crippen LogP contribution in [-0.2, 0) is 0 Å². The molecule has 6 heteroatoms. The third kappa shape index (κ3) is 4.39. The fraction of sp³-hybridized carbons (Fsp3) is 0.333. The van der Waals surface area contributed by atoms with Crippen molar-refractivity contribution in [2.75, 3.05) is 25.5 Å². The maximum atomic E-state index is 12.6. The number of aryl methyl sites for hydroxylation is 1. The lowest BCUT2D eigenvalue weighted by atomic mass is 9.89. The highest BCUT2D eigenvalue weighted by Crippen LogP contribution is 2.27. The monoisotopic (exact) mass is 368 g/mol. The first kappa shape index (κ1) is 18.8. The van der Waals surface area contributed by atoms with Gasteiger partial charge in [-0.05, 0) is 61.7 Å². The maximum Gasteiger partial charge on any atom is 0.321 e. The fourth-order valence-corrected chi connectivity index (χ4v) is 3.30. The summed E-state index contributed by atoms with van der Waals surface area (Å²) in [6.45, 7) is 3.01. The van der Waals surface area contributed by atoms with Gasteiger partial charge in [-0.25, -0.2) is 4.79 Å². The van der Waals surface area contributed by atoms with Gasteiger partial charge < -0.3 is 20.1 Å². The lowest BCUT2D eigenvalue weighted by Gasteiger charge is -2.31. The van der Waals surface area contributed by atoms with Crippen LogP contribution in [0.2, 0.25) is 0 Å². The number of nitrogens with one attached hydrogen (secondary N) is 1. The molecule has 0 saturated carbocycles. The molecule has 1 saturated heterocycles. The first-order chi connectivity index (χ1) is 13.0. The molecule has 0 radical (unpaired) electrons. The maximum absolute atomic E-state index is 12.6. The zero-order valence-electron chi connectivity index (χ0n) is 15.6. The average Bonchev–Trinajstić information content (AvgIpc) is 2.69. The van der Waals surface area contributed by atoms with Gasteiger partial charge in [0.15, 0.2) is 5.78 Å². The first-order valence-electron chi connectivity index (χ1n) is 9.01. The number of nitrogens with zero attached hydrogens (tertiary/aromatic N) is 1. The molecule has 0 atom stereocenters. The van der Waals surface area contributed by atoms with Gasteiger partial charge in [0.1, 0.15) is 11.5 Å². The second kappa shape index (κ2) is 8.12. The van der Waals surface area contributed by atoms with Crippen LogP contribution in [0.25, 0.3) is 0 Å². The van der Waals surface area contributed by atoms with Crippen molar-refractivity contribution in [1.29, 1.82) is 0 Å². The number of rotatable bonds is 4. The average molecular weight is 368 g/mol. The van der Waals surface area contributed by atoms with Crippen molar-refractivity contribution >= 4 is 17.5 Å². The predicted octanol–water partition coefficient (Wildman–Crippen LogP) is 3.84. The molecular weight excluding hydrogens is 344 g/mol. The standard InChI is InChI=1S/C21H24N2O4/c1-14-3-8-18(19(13-14)27-2)22-21(26)23-11-9-16(10-12-23)20(25)15-4-6-17(24)7-5-15/h3-8,13,16,24H,9-12H2,1-2H3,(H,22,26). The Hall–Kier alpha value is -3.02. The summed E-state index contributed by atoms with van der Waals surface area (Å²) in [5.74, 6) is 0.730. The lowest BCUT2D eigenvalue weighted by Crippen LogP contribution is -2.42. The van der Waals surface area contributed by atoms with Crippen LogP contribution >= 0.6 is 0 Å². The van der Waals surface area contributed by atoms with Crippen molar-refractivity contribution in [3.63, 3.8) is 0 Å². The summed E-state index contributed by atoms with van der Waals surface area (Å²) in [5.41, 5.74) is 2.29. The largest absolute Gasteiger partial charge is 0.508 e. The number of benzene rings is 2. The van der Waals surface area contributed by atoms with E-state index < -0.39 is 0 Å². The Morgan fingerprint density at radius 1 is 1.11 bits per heavy atom. The molecule has 2 aromatic rings. The molecule has 1 aliphatic heterocycles. The van der Waals surface area contributed by atoms with Gasteiger partial charge in [0.05, 0.1) is 12.8 Å². The number of hydrogen-bond acceptors (Lipinski definition) is 4. The number of methoxy groups -OCH3 is 1. The summed E-state index contributed by atoms with van der Waals surface area (Å²) in [4.78, 5) is 26.8. The summed E-state index contributed by atoms with van der Waals surface area (Å²) in [6, 6.07) is 11.7. The molecule has 3 rings (SSSR count). The number of urea groups is 1. The minimum absolute atomic E-state index is 0.0651. The van der Waals surface area contributed by atoms with Crippen molar-refractivity contribution in [2.24, 2.45) is 5.92 Å². The normalized spacial score (nSPS) is 14.7. The van der Waals surface area contributed by atoms with Crippen LogP contribution < -0.4 is 10.1 Å². The molecular formula is C21H24N2O4. The number of amides is 2. The third-order valence-corrected chi connectivity index (χ3v) is 4.90. The van der Waals surface area contributed by atoms with Crippen LogP contribution in [0.3, 0.4) is 0 Å². The molecule has 0 aromatic heterocycles. The molecule has 1 fully saturated rings. The van der Waals surface area contributed by atoms with Crippen molar-refractivity contribution in [3.05, 3.63) is 53.6 Å². The number of piperidine rings is 1. The number of ketones is 1. The molecule has 0 spiro atoms. The van der Waals surface area contributed by atoms with Gasteiger partial charge in [-0.15, -0.1) is 0 Å². The summed E-state index contributed by atoms with van der Waals surface area (Å²) in [6.07, 6.45) is 1.25. The zero-order valence-corrected chi connectivity index (χ0v) is 15.6. The van der Waals surface area contributed by atoms with E-state index in [1.165, 1.54) is 12.1 Å². The second-order valence-electron chi connectivity index (χ2n) is 6.81. The molecule has 0 aliphatic carbocycles. The van der Waals surface area contributed by atoms with Crippen molar-refractivity contribution < 1.29 is 19.4 Å². The number of carbonyl (C=O) groups is 2. The van der Waals surface area contributed by atoms with E-state index in [2.05, 4.69) is 5.32 Å². The number of phenols is 1. The van der Waals surface area contributed by atoms with Gasteiger partial charge >= 0.3 is 6.03 Å². The molecule has 2 aromatic carbocycles. The predicted molar refractivity (Wildman–Crippen MR) is 103 cm³/mol. The Labute approximate surface area is 158 Å². The number of likely N-dealkylation sites (tertiary alicyclic amines) is 1. The van der Waals surface area contributed by atoms with E-state index in [-0.39, 0.29) is 23.5 Å². The second-order valence-corrected chi connectivity index (χ2v) is 6.81. The fourth-order valence-electron chi connectivity index (χ4n) is 3.30. The summed E-state index contributed by atoms with van der Waals surface area (Å²) in [7, 11) is 1.57. The molecule has 0 bridgehead atoms.